The van der Waals surface area contributed by atoms with Crippen LogP contribution in [0.3, 0.4) is 0 Å². The average Bonchev–Trinajstić information content (AvgIpc) is 2.84. The highest BCUT2D eigenvalue weighted by molar-refractivity contribution is 9.11. The third-order valence-electron chi connectivity index (χ3n) is 2.40. The van der Waals surface area contributed by atoms with E-state index < -0.39 is 0 Å². The Kier molecular flexibility index (Phi) is 3.69. The first-order valence-corrected chi connectivity index (χ1v) is 7.24. The third-order valence-corrected chi connectivity index (χ3v) is 4.96. The van der Waals surface area contributed by atoms with Crippen molar-refractivity contribution in [3.63, 3.8) is 0 Å². The van der Waals surface area contributed by atoms with Crippen LogP contribution in [0.15, 0.2) is 21.3 Å². The Labute approximate surface area is 111 Å². The van der Waals surface area contributed by atoms with Crippen LogP contribution in [0.2, 0.25) is 0 Å². The van der Waals surface area contributed by atoms with Crippen LogP contribution in [0.1, 0.15) is 21.4 Å². The van der Waals surface area contributed by atoms with Gasteiger partial charge in [0.15, 0.2) is 0 Å². The normalized spacial score (nSPS) is 12.8. The van der Waals surface area contributed by atoms with Crippen LogP contribution in [-0.4, -0.2) is 7.11 Å². The maximum absolute atomic E-state index is 6.24. The molecule has 0 fully saturated rings. The molecule has 16 heavy (non-hydrogen) atoms. The molecule has 2 nitrogen and oxygen atoms in total. The molecule has 0 aliphatic rings. The molecule has 0 aliphatic heterocycles. The van der Waals surface area contributed by atoms with E-state index in [0.29, 0.717) is 0 Å². The van der Waals surface area contributed by atoms with Gasteiger partial charge in [-0.05, 0) is 40.5 Å². The minimum Gasteiger partial charge on any atom is -0.496 e. The van der Waals surface area contributed by atoms with Crippen molar-refractivity contribution < 1.29 is 4.74 Å². The second-order valence-corrected chi connectivity index (χ2v) is 7.01. The Hall–Kier alpha value is -0.360. The molecule has 5 heteroatoms. The summed E-state index contributed by atoms with van der Waals surface area (Å²) in [6.07, 6.45) is 0. The van der Waals surface area contributed by atoms with Crippen molar-refractivity contribution in [2.75, 3.05) is 7.11 Å². The smallest absolute Gasteiger partial charge is 0.129 e. The van der Waals surface area contributed by atoms with E-state index in [9.17, 15) is 0 Å². The van der Waals surface area contributed by atoms with E-state index in [1.165, 1.54) is 10.4 Å². The van der Waals surface area contributed by atoms with Crippen molar-refractivity contribution in [3.05, 3.63) is 36.6 Å². The number of thiophene rings is 2. The van der Waals surface area contributed by atoms with Gasteiger partial charge in [0.1, 0.15) is 5.75 Å². The highest BCUT2D eigenvalue weighted by Crippen LogP contribution is 2.35. The van der Waals surface area contributed by atoms with Crippen molar-refractivity contribution in [1.82, 2.24) is 0 Å². The fraction of sp³-hybridized carbons (Fsp3) is 0.273. The van der Waals surface area contributed by atoms with Crippen LogP contribution in [0.5, 0.6) is 5.75 Å². The largest absolute Gasteiger partial charge is 0.496 e. The van der Waals surface area contributed by atoms with Crippen molar-refractivity contribution >= 4 is 38.6 Å². The summed E-state index contributed by atoms with van der Waals surface area (Å²) >= 11 is 6.83. The van der Waals surface area contributed by atoms with Crippen molar-refractivity contribution in [3.8, 4) is 5.75 Å². The van der Waals surface area contributed by atoms with E-state index in [-0.39, 0.29) is 6.04 Å². The van der Waals surface area contributed by atoms with Crippen molar-refractivity contribution in [1.29, 1.82) is 0 Å². The fourth-order valence-corrected chi connectivity index (χ4v) is 4.16. The maximum Gasteiger partial charge on any atom is 0.129 e. The molecule has 0 bridgehead atoms. The summed E-state index contributed by atoms with van der Waals surface area (Å²) in [5, 5.41) is 1.98. The highest BCUT2D eigenvalue weighted by atomic mass is 79.9. The Bertz CT molecular complexity index is 492. The summed E-state index contributed by atoms with van der Waals surface area (Å²) in [4.78, 5) is 2.39. The zero-order valence-electron chi connectivity index (χ0n) is 8.99. The van der Waals surface area contributed by atoms with Crippen LogP contribution in [-0.2, 0) is 0 Å². The summed E-state index contributed by atoms with van der Waals surface area (Å²) in [7, 11) is 1.67. The lowest BCUT2D eigenvalue weighted by Gasteiger charge is -2.08. The Balaban J connectivity index is 2.31. The molecule has 1 atom stereocenters. The molecule has 0 saturated carbocycles. The first kappa shape index (κ1) is 12.1. The van der Waals surface area contributed by atoms with Gasteiger partial charge in [-0.3, -0.25) is 0 Å². The van der Waals surface area contributed by atoms with Gasteiger partial charge in [0.05, 0.1) is 16.9 Å². The van der Waals surface area contributed by atoms with Gasteiger partial charge < -0.3 is 10.5 Å². The zero-order chi connectivity index (χ0) is 11.7. The van der Waals surface area contributed by atoms with E-state index in [0.717, 1.165) is 14.4 Å². The second kappa shape index (κ2) is 4.87. The Morgan fingerprint density at radius 2 is 2.19 bits per heavy atom. The molecular weight excluding hydrogens is 306 g/mol. The number of methoxy groups -OCH3 is 1. The monoisotopic (exact) mass is 317 g/mol. The Morgan fingerprint density at radius 3 is 2.69 bits per heavy atom. The van der Waals surface area contributed by atoms with Gasteiger partial charge in [0.2, 0.25) is 0 Å². The fourth-order valence-electron chi connectivity index (χ4n) is 1.53. The van der Waals surface area contributed by atoms with Gasteiger partial charge in [-0.25, -0.2) is 0 Å². The second-order valence-electron chi connectivity index (χ2n) is 3.43. The molecule has 0 amide bonds. The van der Waals surface area contributed by atoms with E-state index in [4.69, 9.17) is 10.5 Å². The first-order valence-electron chi connectivity index (χ1n) is 4.75. The lowest BCUT2D eigenvalue weighted by molar-refractivity contribution is 0.416. The maximum atomic E-state index is 6.24. The number of ether oxygens (including phenoxy) is 1. The Morgan fingerprint density at radius 1 is 1.44 bits per heavy atom. The molecule has 0 saturated heterocycles. The number of hydrogen-bond donors (Lipinski definition) is 1. The lowest BCUT2D eigenvalue weighted by Crippen LogP contribution is -2.10. The van der Waals surface area contributed by atoms with Gasteiger partial charge in [0, 0.05) is 15.1 Å². The minimum absolute atomic E-state index is 0.0588. The van der Waals surface area contributed by atoms with Gasteiger partial charge >= 0.3 is 0 Å². The summed E-state index contributed by atoms with van der Waals surface area (Å²) < 4.78 is 6.29. The molecule has 0 spiro atoms. The summed E-state index contributed by atoms with van der Waals surface area (Å²) in [5.74, 6) is 0.877. The zero-order valence-corrected chi connectivity index (χ0v) is 12.2. The molecule has 1 unspecified atom stereocenters. The molecular formula is C11H12BrNOS2. The molecule has 2 aromatic rings. The van der Waals surface area contributed by atoms with Gasteiger partial charge in [0.25, 0.3) is 0 Å². The summed E-state index contributed by atoms with van der Waals surface area (Å²) in [6, 6.07) is 4.04. The van der Waals surface area contributed by atoms with Crippen LogP contribution in [0, 0.1) is 6.92 Å². The molecule has 0 aromatic carbocycles. The molecule has 2 rings (SSSR count). The lowest BCUT2D eigenvalue weighted by atomic mass is 10.1. The van der Waals surface area contributed by atoms with Crippen molar-refractivity contribution in [2.24, 2.45) is 5.73 Å². The third kappa shape index (κ3) is 2.32. The SMILES string of the molecule is COc1csc(C(N)c2cc(Br)sc2C)c1. The van der Waals surface area contributed by atoms with E-state index in [1.807, 2.05) is 11.4 Å². The van der Waals surface area contributed by atoms with Gasteiger partial charge in [-0.15, -0.1) is 22.7 Å². The van der Waals surface area contributed by atoms with E-state index in [1.54, 1.807) is 29.8 Å². The number of nitrogens with two attached hydrogens (primary N) is 1. The predicted octanol–water partition coefficient (Wildman–Crippen LogP) is 3.94. The van der Waals surface area contributed by atoms with Crippen molar-refractivity contribution in [2.45, 2.75) is 13.0 Å². The molecule has 0 aliphatic carbocycles. The standard InChI is InChI=1S/C11H12BrNOS2/c1-6-8(4-10(12)16-6)11(13)9-3-7(14-2)5-15-9/h3-5,11H,13H2,1-2H3. The molecule has 0 radical (unpaired) electrons. The predicted molar refractivity (Wildman–Crippen MR) is 73.7 cm³/mol. The minimum atomic E-state index is -0.0588. The van der Waals surface area contributed by atoms with Crippen LogP contribution >= 0.6 is 38.6 Å². The summed E-state index contributed by atoms with van der Waals surface area (Å²) in [6.45, 7) is 2.09. The number of halogens is 1. The van der Waals surface area contributed by atoms with Crippen LogP contribution < -0.4 is 10.5 Å². The number of aryl methyl sites for hydroxylation is 1. The topological polar surface area (TPSA) is 35.2 Å². The van der Waals surface area contributed by atoms with E-state index >= 15 is 0 Å². The molecule has 2 aromatic heterocycles. The van der Waals surface area contributed by atoms with Gasteiger partial charge in [-0.2, -0.15) is 0 Å². The molecule has 2 heterocycles. The van der Waals surface area contributed by atoms with E-state index in [2.05, 4.69) is 28.9 Å². The molecule has 86 valence electrons. The number of hydrogen-bond acceptors (Lipinski definition) is 4. The van der Waals surface area contributed by atoms with Crippen LogP contribution in [0.4, 0.5) is 0 Å². The van der Waals surface area contributed by atoms with Crippen LogP contribution in [0.25, 0.3) is 0 Å². The molecule has 2 N–H and O–H groups in total. The summed E-state index contributed by atoms with van der Waals surface area (Å²) in [5.41, 5.74) is 7.42. The quantitative estimate of drug-likeness (QED) is 0.930. The first-order chi connectivity index (χ1) is 7.61. The van der Waals surface area contributed by atoms with Gasteiger partial charge in [-0.1, -0.05) is 0 Å². The highest BCUT2D eigenvalue weighted by Gasteiger charge is 2.16. The number of rotatable bonds is 3. The average molecular weight is 318 g/mol.